The van der Waals surface area contributed by atoms with Gasteiger partial charge in [-0.1, -0.05) is 35.9 Å². The van der Waals surface area contributed by atoms with E-state index in [1.54, 1.807) is 6.07 Å². The second kappa shape index (κ2) is 5.86. The molecule has 1 N–H and O–H groups in total. The van der Waals surface area contributed by atoms with Crippen molar-refractivity contribution in [1.82, 2.24) is 5.32 Å². The van der Waals surface area contributed by atoms with Crippen molar-refractivity contribution in [3.8, 4) is 5.75 Å². The number of halogens is 1. The summed E-state index contributed by atoms with van der Waals surface area (Å²) in [6, 6.07) is 13.1. The Morgan fingerprint density at radius 1 is 1.29 bits per heavy atom. The van der Waals surface area contributed by atoms with Crippen LogP contribution < -0.4 is 10.1 Å². The first-order chi connectivity index (χ1) is 10.1. The molecule has 0 aliphatic carbocycles. The third kappa shape index (κ3) is 3.08. The smallest absolute Gasteiger partial charge is 0.127 e. The highest BCUT2D eigenvalue weighted by Crippen LogP contribution is 2.29. The summed E-state index contributed by atoms with van der Waals surface area (Å²) >= 11 is 0. The first kappa shape index (κ1) is 14.1. The van der Waals surface area contributed by atoms with Crippen molar-refractivity contribution in [2.24, 2.45) is 0 Å². The standard InChI is InChI=1S/C18H20FNO/c1-12-7-8-18-14(9-12)10-15(21-18)11-20-13(2)16-5-3-4-6-17(16)19/h3-9,13,15,20H,10-11H2,1-2H3/t13-,15?/m1/s1. The molecule has 1 heterocycles. The molecule has 0 saturated carbocycles. The van der Waals surface area contributed by atoms with E-state index in [2.05, 4.69) is 24.4 Å². The molecule has 1 aliphatic heterocycles. The Labute approximate surface area is 125 Å². The van der Waals surface area contributed by atoms with Crippen LogP contribution in [0.15, 0.2) is 42.5 Å². The summed E-state index contributed by atoms with van der Waals surface area (Å²) in [7, 11) is 0. The number of hydrogen-bond acceptors (Lipinski definition) is 2. The van der Waals surface area contributed by atoms with Crippen LogP contribution >= 0.6 is 0 Å². The molecular weight excluding hydrogens is 265 g/mol. The highest BCUT2D eigenvalue weighted by Gasteiger charge is 2.23. The fourth-order valence-corrected chi connectivity index (χ4v) is 2.81. The fourth-order valence-electron chi connectivity index (χ4n) is 2.81. The molecule has 2 aromatic carbocycles. The summed E-state index contributed by atoms with van der Waals surface area (Å²) in [5, 5.41) is 3.37. The molecule has 0 aromatic heterocycles. The van der Waals surface area contributed by atoms with E-state index in [4.69, 9.17) is 4.74 Å². The van der Waals surface area contributed by atoms with Crippen LogP contribution in [0.25, 0.3) is 0 Å². The van der Waals surface area contributed by atoms with E-state index in [0.29, 0.717) is 12.1 Å². The Morgan fingerprint density at radius 2 is 2.10 bits per heavy atom. The van der Waals surface area contributed by atoms with E-state index in [-0.39, 0.29) is 18.0 Å². The first-order valence-electron chi connectivity index (χ1n) is 7.37. The van der Waals surface area contributed by atoms with Gasteiger partial charge in [0, 0.05) is 24.6 Å². The van der Waals surface area contributed by atoms with E-state index >= 15 is 0 Å². The van der Waals surface area contributed by atoms with E-state index in [9.17, 15) is 4.39 Å². The number of rotatable bonds is 4. The number of ether oxygens (including phenoxy) is 1. The van der Waals surface area contributed by atoms with Gasteiger partial charge in [0.15, 0.2) is 0 Å². The quantitative estimate of drug-likeness (QED) is 0.923. The molecule has 2 atom stereocenters. The number of aryl methyl sites for hydroxylation is 1. The maximum Gasteiger partial charge on any atom is 0.127 e. The second-order valence-electron chi connectivity index (χ2n) is 5.71. The lowest BCUT2D eigenvalue weighted by Gasteiger charge is -2.18. The van der Waals surface area contributed by atoms with E-state index in [0.717, 1.165) is 12.2 Å². The first-order valence-corrected chi connectivity index (χ1v) is 7.37. The van der Waals surface area contributed by atoms with Crippen LogP contribution in [-0.2, 0) is 6.42 Å². The van der Waals surface area contributed by atoms with Gasteiger partial charge in [-0.25, -0.2) is 4.39 Å². The Kier molecular flexibility index (Phi) is 3.93. The van der Waals surface area contributed by atoms with Crippen LogP contribution in [0.4, 0.5) is 4.39 Å². The Morgan fingerprint density at radius 3 is 2.90 bits per heavy atom. The van der Waals surface area contributed by atoms with Gasteiger partial charge in [-0.05, 0) is 31.5 Å². The summed E-state index contributed by atoms with van der Waals surface area (Å²) < 4.78 is 19.7. The predicted octanol–water partition coefficient (Wildman–Crippen LogP) is 3.79. The average molecular weight is 285 g/mol. The van der Waals surface area contributed by atoms with Crippen molar-refractivity contribution < 1.29 is 9.13 Å². The van der Waals surface area contributed by atoms with Gasteiger partial charge in [-0.3, -0.25) is 0 Å². The minimum absolute atomic E-state index is 0.0275. The van der Waals surface area contributed by atoms with E-state index in [1.165, 1.54) is 17.2 Å². The van der Waals surface area contributed by atoms with Gasteiger partial charge in [0.1, 0.15) is 17.7 Å². The van der Waals surface area contributed by atoms with Crippen molar-refractivity contribution in [2.75, 3.05) is 6.54 Å². The summed E-state index contributed by atoms with van der Waals surface area (Å²) in [5.74, 6) is 0.815. The number of fused-ring (bicyclic) bond motifs is 1. The molecule has 2 aromatic rings. The molecule has 1 unspecified atom stereocenters. The van der Waals surface area contributed by atoms with Crippen molar-refractivity contribution in [3.05, 3.63) is 65.0 Å². The monoisotopic (exact) mass is 285 g/mol. The Bertz CT molecular complexity index is 641. The van der Waals surface area contributed by atoms with E-state index < -0.39 is 0 Å². The third-order valence-corrected chi connectivity index (χ3v) is 3.98. The number of hydrogen-bond donors (Lipinski definition) is 1. The fraction of sp³-hybridized carbons (Fsp3) is 0.333. The molecule has 3 rings (SSSR count). The van der Waals surface area contributed by atoms with Gasteiger partial charge < -0.3 is 10.1 Å². The summed E-state index contributed by atoms with van der Waals surface area (Å²) in [5.41, 5.74) is 3.22. The van der Waals surface area contributed by atoms with Gasteiger partial charge >= 0.3 is 0 Å². The SMILES string of the molecule is Cc1ccc2c(c1)CC(CN[C@H](C)c1ccccc1F)O2. The van der Waals surface area contributed by atoms with Gasteiger partial charge in [-0.2, -0.15) is 0 Å². The lowest BCUT2D eigenvalue weighted by molar-refractivity contribution is 0.222. The van der Waals surface area contributed by atoms with Crippen molar-refractivity contribution >= 4 is 0 Å². The topological polar surface area (TPSA) is 21.3 Å². The van der Waals surface area contributed by atoms with Crippen LogP contribution in [-0.4, -0.2) is 12.6 Å². The second-order valence-corrected chi connectivity index (χ2v) is 5.71. The third-order valence-electron chi connectivity index (χ3n) is 3.98. The zero-order chi connectivity index (χ0) is 14.8. The molecule has 110 valence electrons. The molecule has 0 bridgehead atoms. The predicted molar refractivity (Wildman–Crippen MR) is 82.1 cm³/mol. The largest absolute Gasteiger partial charge is 0.488 e. The highest BCUT2D eigenvalue weighted by atomic mass is 19.1. The number of benzene rings is 2. The minimum Gasteiger partial charge on any atom is -0.488 e. The van der Waals surface area contributed by atoms with Gasteiger partial charge in [0.05, 0.1) is 0 Å². The molecular formula is C18H20FNO. The summed E-state index contributed by atoms with van der Waals surface area (Å²) in [6.07, 6.45) is 1.03. The molecule has 21 heavy (non-hydrogen) atoms. The molecule has 3 heteroatoms. The molecule has 0 amide bonds. The lowest BCUT2D eigenvalue weighted by Crippen LogP contribution is -2.32. The highest BCUT2D eigenvalue weighted by molar-refractivity contribution is 5.40. The zero-order valence-electron chi connectivity index (χ0n) is 12.4. The molecule has 2 nitrogen and oxygen atoms in total. The van der Waals surface area contributed by atoms with Crippen molar-refractivity contribution in [2.45, 2.75) is 32.4 Å². The van der Waals surface area contributed by atoms with Gasteiger partial charge in [0.2, 0.25) is 0 Å². The normalized spacial score (nSPS) is 18.1. The lowest BCUT2D eigenvalue weighted by atomic mass is 10.1. The Hall–Kier alpha value is -1.87. The van der Waals surface area contributed by atoms with Crippen LogP contribution in [0.5, 0.6) is 5.75 Å². The molecule has 0 radical (unpaired) electrons. The number of nitrogens with one attached hydrogen (secondary N) is 1. The molecule has 0 fully saturated rings. The van der Waals surface area contributed by atoms with E-state index in [1.807, 2.05) is 25.1 Å². The summed E-state index contributed by atoms with van der Waals surface area (Å²) in [6.45, 7) is 4.78. The van der Waals surface area contributed by atoms with Crippen LogP contribution in [0, 0.1) is 12.7 Å². The van der Waals surface area contributed by atoms with Gasteiger partial charge in [-0.15, -0.1) is 0 Å². The molecule has 1 aliphatic rings. The van der Waals surface area contributed by atoms with Crippen molar-refractivity contribution in [3.63, 3.8) is 0 Å². The zero-order valence-corrected chi connectivity index (χ0v) is 12.4. The van der Waals surface area contributed by atoms with Crippen LogP contribution in [0.3, 0.4) is 0 Å². The van der Waals surface area contributed by atoms with Crippen LogP contribution in [0.2, 0.25) is 0 Å². The average Bonchev–Trinajstić information content (AvgIpc) is 2.87. The molecule has 0 spiro atoms. The van der Waals surface area contributed by atoms with Crippen molar-refractivity contribution in [1.29, 1.82) is 0 Å². The van der Waals surface area contributed by atoms with Gasteiger partial charge in [0.25, 0.3) is 0 Å². The Balaban J connectivity index is 1.59. The minimum atomic E-state index is -0.163. The maximum atomic E-state index is 13.7. The maximum absolute atomic E-state index is 13.7. The molecule has 0 saturated heterocycles. The van der Waals surface area contributed by atoms with Crippen LogP contribution in [0.1, 0.15) is 29.7 Å². The summed E-state index contributed by atoms with van der Waals surface area (Å²) in [4.78, 5) is 0.